The third kappa shape index (κ3) is 4.81. The Morgan fingerprint density at radius 2 is 1.81 bits per heavy atom. The molecule has 1 N–H and O–H groups in total. The molecule has 0 radical (unpaired) electrons. The average molecular weight is 454 g/mol. The fourth-order valence-corrected chi connectivity index (χ4v) is 3.61. The number of aromatic nitrogens is 1. The van der Waals surface area contributed by atoms with Gasteiger partial charge in [-0.1, -0.05) is 17.7 Å². The maximum Gasteiger partial charge on any atom is 0.335 e. The standard InChI is InChI=1S/C25H18ClF2NO3/c26-19-7-9-24(32-15-17-6-8-20(27)14-23(17)28)18(11-19)13-22-5-2-10-29(22)21-4-1-3-16(12-21)25(30)31/h1-12,14H,13,15H2,(H,30,31). The first-order valence-electron chi connectivity index (χ1n) is 9.76. The van der Waals surface area contributed by atoms with E-state index in [0.29, 0.717) is 22.9 Å². The van der Waals surface area contributed by atoms with Crippen molar-refractivity contribution < 1.29 is 23.4 Å². The summed E-state index contributed by atoms with van der Waals surface area (Å²) in [6, 6.07) is 18.9. The highest BCUT2D eigenvalue weighted by molar-refractivity contribution is 6.30. The summed E-state index contributed by atoms with van der Waals surface area (Å²) in [6.07, 6.45) is 2.28. The molecule has 0 amide bonds. The lowest BCUT2D eigenvalue weighted by Gasteiger charge is -2.15. The van der Waals surface area contributed by atoms with E-state index in [1.807, 2.05) is 29.0 Å². The molecular formula is C25H18ClF2NO3. The number of rotatable bonds is 7. The second kappa shape index (κ2) is 9.24. The zero-order valence-corrected chi connectivity index (χ0v) is 17.5. The molecule has 7 heteroatoms. The Kier molecular flexibility index (Phi) is 6.23. The van der Waals surface area contributed by atoms with Crippen molar-refractivity contribution in [3.8, 4) is 11.4 Å². The maximum absolute atomic E-state index is 14.0. The van der Waals surface area contributed by atoms with Gasteiger partial charge in [-0.05, 0) is 60.7 Å². The molecule has 3 aromatic carbocycles. The normalized spacial score (nSPS) is 10.8. The van der Waals surface area contributed by atoms with E-state index in [1.54, 1.807) is 30.3 Å². The van der Waals surface area contributed by atoms with Crippen LogP contribution < -0.4 is 4.74 Å². The van der Waals surface area contributed by atoms with Crippen molar-refractivity contribution in [3.63, 3.8) is 0 Å². The zero-order chi connectivity index (χ0) is 22.7. The third-order valence-electron chi connectivity index (χ3n) is 5.00. The van der Waals surface area contributed by atoms with E-state index in [2.05, 4.69) is 0 Å². The van der Waals surface area contributed by atoms with Crippen molar-refractivity contribution in [2.45, 2.75) is 13.0 Å². The van der Waals surface area contributed by atoms with Gasteiger partial charge in [-0.2, -0.15) is 0 Å². The van der Waals surface area contributed by atoms with Gasteiger partial charge in [0.1, 0.15) is 24.0 Å². The fourth-order valence-electron chi connectivity index (χ4n) is 3.42. The molecule has 0 spiro atoms. The average Bonchev–Trinajstić information content (AvgIpc) is 3.22. The molecule has 0 aliphatic rings. The molecule has 0 saturated heterocycles. The topological polar surface area (TPSA) is 51.5 Å². The second-order valence-electron chi connectivity index (χ2n) is 7.18. The molecule has 1 aromatic heterocycles. The van der Waals surface area contributed by atoms with Gasteiger partial charge in [-0.25, -0.2) is 13.6 Å². The summed E-state index contributed by atoms with van der Waals surface area (Å²) in [5.41, 5.74) is 2.79. The molecule has 0 fully saturated rings. The van der Waals surface area contributed by atoms with Gasteiger partial charge in [-0.3, -0.25) is 0 Å². The van der Waals surface area contributed by atoms with Gasteiger partial charge in [0, 0.05) is 46.2 Å². The van der Waals surface area contributed by atoms with Gasteiger partial charge in [-0.15, -0.1) is 0 Å². The molecule has 0 atom stereocenters. The van der Waals surface area contributed by atoms with Gasteiger partial charge in [0.2, 0.25) is 0 Å². The number of ether oxygens (including phenoxy) is 1. The van der Waals surface area contributed by atoms with Crippen LogP contribution in [0.5, 0.6) is 5.75 Å². The SMILES string of the molecule is O=C(O)c1cccc(-n2cccc2Cc2cc(Cl)ccc2OCc2ccc(F)cc2F)c1. The second-order valence-corrected chi connectivity index (χ2v) is 7.61. The van der Waals surface area contributed by atoms with E-state index < -0.39 is 17.6 Å². The summed E-state index contributed by atoms with van der Waals surface area (Å²) >= 11 is 6.20. The van der Waals surface area contributed by atoms with Gasteiger partial charge < -0.3 is 14.4 Å². The summed E-state index contributed by atoms with van der Waals surface area (Å²) < 4.78 is 34.8. The molecule has 162 valence electrons. The highest BCUT2D eigenvalue weighted by atomic mass is 35.5. The number of carboxylic acid groups (broad SMARTS) is 1. The van der Waals surface area contributed by atoms with Crippen LogP contribution in [0.2, 0.25) is 5.02 Å². The predicted octanol–water partition coefficient (Wildman–Crippen LogP) is 6.28. The minimum Gasteiger partial charge on any atom is -0.489 e. The van der Waals surface area contributed by atoms with E-state index in [4.69, 9.17) is 16.3 Å². The number of carbonyl (C=O) groups is 1. The van der Waals surface area contributed by atoms with Crippen LogP contribution in [0.3, 0.4) is 0 Å². The van der Waals surface area contributed by atoms with Crippen LogP contribution in [0, 0.1) is 11.6 Å². The molecule has 0 aliphatic carbocycles. The molecule has 0 aliphatic heterocycles. The van der Waals surface area contributed by atoms with Gasteiger partial charge in [0.05, 0.1) is 5.56 Å². The Hall–Kier alpha value is -3.64. The van der Waals surface area contributed by atoms with Crippen molar-refractivity contribution in [2.75, 3.05) is 0 Å². The lowest BCUT2D eigenvalue weighted by molar-refractivity contribution is 0.0697. The number of benzene rings is 3. The largest absolute Gasteiger partial charge is 0.489 e. The number of carboxylic acids is 1. The van der Waals surface area contributed by atoms with Crippen LogP contribution >= 0.6 is 11.6 Å². The number of aromatic carboxylic acids is 1. The summed E-state index contributed by atoms with van der Waals surface area (Å²) in [6.45, 7) is -0.0670. The van der Waals surface area contributed by atoms with Crippen LogP contribution in [0.15, 0.2) is 79.0 Å². The molecule has 0 bridgehead atoms. The molecule has 0 saturated carbocycles. The Labute approximate surface area is 188 Å². The molecule has 1 heterocycles. The number of hydrogen-bond acceptors (Lipinski definition) is 2. The molecule has 0 unspecified atom stereocenters. The van der Waals surface area contributed by atoms with Gasteiger partial charge >= 0.3 is 5.97 Å². The number of halogens is 3. The number of nitrogens with zero attached hydrogens (tertiary/aromatic N) is 1. The zero-order valence-electron chi connectivity index (χ0n) is 16.8. The van der Waals surface area contributed by atoms with E-state index in [9.17, 15) is 18.7 Å². The highest BCUT2D eigenvalue weighted by Gasteiger charge is 2.13. The predicted molar refractivity (Wildman–Crippen MR) is 118 cm³/mol. The van der Waals surface area contributed by atoms with Crippen LogP contribution in [0.1, 0.15) is 27.2 Å². The van der Waals surface area contributed by atoms with Crippen molar-refractivity contribution in [1.82, 2.24) is 4.57 Å². The summed E-state index contributed by atoms with van der Waals surface area (Å²) in [5.74, 6) is -1.80. The Morgan fingerprint density at radius 1 is 0.969 bits per heavy atom. The Bertz CT molecular complexity index is 1290. The Balaban J connectivity index is 1.61. The lowest BCUT2D eigenvalue weighted by Crippen LogP contribution is -2.05. The van der Waals surface area contributed by atoms with E-state index >= 15 is 0 Å². The first-order chi connectivity index (χ1) is 15.4. The van der Waals surface area contributed by atoms with Crippen LogP contribution in [0.4, 0.5) is 8.78 Å². The molecule has 4 aromatic rings. The third-order valence-corrected chi connectivity index (χ3v) is 5.23. The maximum atomic E-state index is 14.0. The van der Waals surface area contributed by atoms with E-state index in [1.165, 1.54) is 18.2 Å². The molecule has 32 heavy (non-hydrogen) atoms. The van der Waals surface area contributed by atoms with Crippen LogP contribution in [0.25, 0.3) is 5.69 Å². The van der Waals surface area contributed by atoms with Crippen LogP contribution in [-0.4, -0.2) is 15.6 Å². The summed E-state index contributed by atoms with van der Waals surface area (Å²) in [4.78, 5) is 11.3. The minimum atomic E-state index is -1.00. The molecule has 4 rings (SSSR count). The minimum absolute atomic E-state index is 0.0670. The first kappa shape index (κ1) is 21.6. The first-order valence-corrected chi connectivity index (χ1v) is 10.1. The number of hydrogen-bond donors (Lipinski definition) is 1. The summed E-state index contributed by atoms with van der Waals surface area (Å²) in [7, 11) is 0. The van der Waals surface area contributed by atoms with Crippen molar-refractivity contribution in [2.24, 2.45) is 0 Å². The quantitative estimate of drug-likeness (QED) is 0.358. The van der Waals surface area contributed by atoms with Gasteiger partial charge in [0.25, 0.3) is 0 Å². The fraction of sp³-hybridized carbons (Fsp3) is 0.0800. The Morgan fingerprint density at radius 3 is 2.59 bits per heavy atom. The highest BCUT2D eigenvalue weighted by Crippen LogP contribution is 2.28. The van der Waals surface area contributed by atoms with Crippen LogP contribution in [-0.2, 0) is 13.0 Å². The molecule has 4 nitrogen and oxygen atoms in total. The van der Waals surface area contributed by atoms with Crippen molar-refractivity contribution in [3.05, 3.63) is 118 Å². The molecular weight excluding hydrogens is 436 g/mol. The smallest absolute Gasteiger partial charge is 0.335 e. The van der Waals surface area contributed by atoms with Crippen molar-refractivity contribution in [1.29, 1.82) is 0 Å². The van der Waals surface area contributed by atoms with E-state index in [-0.39, 0.29) is 17.7 Å². The monoisotopic (exact) mass is 453 g/mol. The van der Waals surface area contributed by atoms with E-state index in [0.717, 1.165) is 17.3 Å². The van der Waals surface area contributed by atoms with Crippen molar-refractivity contribution >= 4 is 17.6 Å². The lowest BCUT2D eigenvalue weighted by atomic mass is 10.1. The van der Waals surface area contributed by atoms with Gasteiger partial charge in [0.15, 0.2) is 0 Å². The summed E-state index contributed by atoms with van der Waals surface area (Å²) in [5, 5.41) is 9.80.